The quantitative estimate of drug-likeness (QED) is 0.865. The average Bonchev–Trinajstić information content (AvgIpc) is 2.85. The van der Waals surface area contributed by atoms with Crippen LogP contribution in [-0.2, 0) is 13.5 Å². The predicted molar refractivity (Wildman–Crippen MR) is 76.5 cm³/mol. The summed E-state index contributed by atoms with van der Waals surface area (Å²) in [5.41, 5.74) is 1.19. The van der Waals surface area contributed by atoms with Crippen LogP contribution in [0.15, 0.2) is 24.7 Å². The topological polar surface area (TPSA) is 64.9 Å². The molecule has 0 aliphatic rings. The number of aryl methyl sites for hydroxylation is 1. The number of nitrogens with one attached hydrogen (secondary N) is 1. The fourth-order valence-corrected chi connectivity index (χ4v) is 2.16. The van der Waals surface area contributed by atoms with Crippen LogP contribution in [0.2, 0.25) is 0 Å². The summed E-state index contributed by atoms with van der Waals surface area (Å²) < 4.78 is 6.85. The van der Waals surface area contributed by atoms with Crippen molar-refractivity contribution in [3.8, 4) is 5.88 Å². The lowest BCUT2D eigenvalue weighted by atomic mass is 10.1. The molecule has 2 heterocycles. The number of aromatic nitrogens is 4. The second kappa shape index (κ2) is 6.47. The van der Waals surface area contributed by atoms with Crippen LogP contribution in [-0.4, -0.2) is 32.9 Å². The lowest BCUT2D eigenvalue weighted by molar-refractivity contribution is 0.396. The van der Waals surface area contributed by atoms with Gasteiger partial charge in [-0.05, 0) is 31.9 Å². The molecule has 0 bridgehead atoms. The maximum Gasteiger partial charge on any atom is 0.213 e. The third-order valence-electron chi connectivity index (χ3n) is 3.09. The largest absolute Gasteiger partial charge is 0.481 e. The smallest absolute Gasteiger partial charge is 0.213 e. The van der Waals surface area contributed by atoms with E-state index in [9.17, 15) is 0 Å². The van der Waals surface area contributed by atoms with Crippen molar-refractivity contribution in [3.05, 3.63) is 36.0 Å². The highest BCUT2D eigenvalue weighted by Gasteiger charge is 2.13. The summed E-state index contributed by atoms with van der Waals surface area (Å²) in [6, 6.07) is 4.39. The van der Waals surface area contributed by atoms with Crippen molar-refractivity contribution in [1.29, 1.82) is 0 Å². The molecule has 1 N–H and O–H groups in total. The van der Waals surface area contributed by atoms with Gasteiger partial charge in [-0.15, -0.1) is 0 Å². The molecule has 0 spiro atoms. The van der Waals surface area contributed by atoms with E-state index in [1.54, 1.807) is 24.3 Å². The summed E-state index contributed by atoms with van der Waals surface area (Å²) in [5, 5.41) is 7.81. The molecule has 0 unspecified atom stereocenters. The first-order valence-corrected chi connectivity index (χ1v) is 6.69. The molecule has 6 nitrogen and oxygen atoms in total. The van der Waals surface area contributed by atoms with Crippen LogP contribution in [0.4, 0.5) is 0 Å². The van der Waals surface area contributed by atoms with Crippen LogP contribution < -0.4 is 10.1 Å². The van der Waals surface area contributed by atoms with E-state index >= 15 is 0 Å². The minimum absolute atomic E-state index is 0.120. The van der Waals surface area contributed by atoms with Gasteiger partial charge in [-0.2, -0.15) is 5.10 Å². The van der Waals surface area contributed by atoms with Gasteiger partial charge in [-0.1, -0.05) is 0 Å². The van der Waals surface area contributed by atoms with Crippen molar-refractivity contribution in [2.75, 3.05) is 7.11 Å². The van der Waals surface area contributed by atoms with Gasteiger partial charge in [0, 0.05) is 25.4 Å². The maximum absolute atomic E-state index is 5.14. The zero-order valence-electron chi connectivity index (χ0n) is 12.4. The van der Waals surface area contributed by atoms with Gasteiger partial charge in [0.15, 0.2) is 5.82 Å². The molecule has 20 heavy (non-hydrogen) atoms. The maximum atomic E-state index is 5.14. The number of ether oxygens (including phenoxy) is 1. The molecular weight excluding hydrogens is 254 g/mol. The summed E-state index contributed by atoms with van der Waals surface area (Å²) in [7, 11) is 3.50. The molecule has 108 valence electrons. The van der Waals surface area contributed by atoms with Crippen LogP contribution >= 0.6 is 0 Å². The van der Waals surface area contributed by atoms with Crippen molar-refractivity contribution in [2.45, 2.75) is 32.4 Å². The van der Waals surface area contributed by atoms with Crippen molar-refractivity contribution in [2.24, 2.45) is 7.05 Å². The summed E-state index contributed by atoms with van der Waals surface area (Å²) in [5.74, 6) is 1.46. The first kappa shape index (κ1) is 14.5. The van der Waals surface area contributed by atoms with Crippen LogP contribution in [0.5, 0.6) is 5.88 Å². The fourth-order valence-electron chi connectivity index (χ4n) is 2.16. The third kappa shape index (κ3) is 3.77. The van der Waals surface area contributed by atoms with Gasteiger partial charge in [0.05, 0.1) is 13.2 Å². The fraction of sp³-hybridized carbons (Fsp3) is 0.500. The molecule has 2 atom stereocenters. The van der Waals surface area contributed by atoms with Crippen molar-refractivity contribution >= 4 is 0 Å². The Morgan fingerprint density at radius 1 is 1.35 bits per heavy atom. The lowest BCUT2D eigenvalue weighted by Gasteiger charge is -2.18. The van der Waals surface area contributed by atoms with E-state index in [0.29, 0.717) is 11.9 Å². The van der Waals surface area contributed by atoms with Gasteiger partial charge in [-0.25, -0.2) is 9.97 Å². The molecule has 0 aliphatic heterocycles. The van der Waals surface area contributed by atoms with E-state index in [-0.39, 0.29) is 6.04 Å². The zero-order chi connectivity index (χ0) is 14.5. The first-order valence-electron chi connectivity index (χ1n) is 6.69. The molecule has 0 aliphatic carbocycles. The summed E-state index contributed by atoms with van der Waals surface area (Å²) >= 11 is 0. The number of pyridine rings is 1. The van der Waals surface area contributed by atoms with Crippen LogP contribution in [0.25, 0.3) is 0 Å². The Hall–Kier alpha value is -1.95. The molecule has 0 fully saturated rings. The van der Waals surface area contributed by atoms with Gasteiger partial charge in [0.25, 0.3) is 0 Å². The Balaban J connectivity index is 1.93. The molecule has 0 aromatic carbocycles. The highest BCUT2D eigenvalue weighted by Crippen LogP contribution is 2.12. The average molecular weight is 275 g/mol. The molecule has 0 amide bonds. The number of rotatable bonds is 6. The number of nitrogens with zero attached hydrogens (tertiary/aromatic N) is 4. The molecule has 6 heteroatoms. The number of methoxy groups -OCH3 is 1. The van der Waals surface area contributed by atoms with Gasteiger partial charge in [0.1, 0.15) is 6.33 Å². The Morgan fingerprint density at radius 3 is 2.80 bits per heavy atom. The second-order valence-corrected chi connectivity index (χ2v) is 4.98. The lowest BCUT2D eigenvalue weighted by Crippen LogP contribution is -2.31. The highest BCUT2D eigenvalue weighted by molar-refractivity contribution is 5.21. The molecule has 2 aromatic rings. The van der Waals surface area contributed by atoms with Gasteiger partial charge < -0.3 is 10.1 Å². The monoisotopic (exact) mass is 275 g/mol. The van der Waals surface area contributed by atoms with E-state index in [1.807, 2.05) is 19.2 Å². The summed E-state index contributed by atoms with van der Waals surface area (Å²) in [6.07, 6.45) is 4.38. The Bertz CT molecular complexity index is 554. The molecular formula is C14H21N5O. The van der Waals surface area contributed by atoms with E-state index in [1.165, 1.54) is 5.56 Å². The molecule has 0 saturated heterocycles. The number of hydrogen-bond acceptors (Lipinski definition) is 5. The minimum Gasteiger partial charge on any atom is -0.481 e. The van der Waals surface area contributed by atoms with E-state index in [4.69, 9.17) is 4.74 Å². The van der Waals surface area contributed by atoms with Gasteiger partial charge >= 0.3 is 0 Å². The first-order chi connectivity index (χ1) is 9.58. The minimum atomic E-state index is 0.120. The van der Waals surface area contributed by atoms with E-state index in [2.05, 4.69) is 34.2 Å². The van der Waals surface area contributed by atoms with Gasteiger partial charge in [0.2, 0.25) is 5.88 Å². The normalized spacial score (nSPS) is 14.0. The van der Waals surface area contributed by atoms with Crippen LogP contribution in [0, 0.1) is 0 Å². The van der Waals surface area contributed by atoms with Crippen LogP contribution in [0.3, 0.4) is 0 Å². The molecule has 0 radical (unpaired) electrons. The molecule has 0 saturated carbocycles. The molecule has 2 aromatic heterocycles. The Labute approximate surface area is 119 Å². The zero-order valence-corrected chi connectivity index (χ0v) is 12.4. The SMILES string of the molecule is COc1cc(C[C@@H](C)N[C@H](C)c2ncn(C)n2)ccn1. The Kier molecular flexibility index (Phi) is 4.68. The number of hydrogen-bond donors (Lipinski definition) is 1. The standard InChI is InChI=1S/C14H21N5O/c1-10(7-12-5-6-15-13(8-12)20-4)17-11(2)14-16-9-19(3)18-14/h5-6,8-11,17H,7H2,1-4H3/t10-,11-/m1/s1. The highest BCUT2D eigenvalue weighted by atomic mass is 16.5. The van der Waals surface area contributed by atoms with Crippen molar-refractivity contribution in [1.82, 2.24) is 25.1 Å². The Morgan fingerprint density at radius 2 is 2.15 bits per heavy atom. The summed E-state index contributed by atoms with van der Waals surface area (Å²) in [4.78, 5) is 8.37. The van der Waals surface area contributed by atoms with Crippen molar-refractivity contribution in [3.63, 3.8) is 0 Å². The van der Waals surface area contributed by atoms with E-state index in [0.717, 1.165) is 12.2 Å². The second-order valence-electron chi connectivity index (χ2n) is 4.98. The van der Waals surface area contributed by atoms with Crippen LogP contribution in [0.1, 0.15) is 31.3 Å². The summed E-state index contributed by atoms with van der Waals surface area (Å²) in [6.45, 7) is 4.21. The predicted octanol–water partition coefficient (Wildman–Crippen LogP) is 1.50. The van der Waals surface area contributed by atoms with Gasteiger partial charge in [-0.3, -0.25) is 4.68 Å². The third-order valence-corrected chi connectivity index (χ3v) is 3.09. The molecule has 2 rings (SSSR count). The van der Waals surface area contributed by atoms with Crippen molar-refractivity contribution < 1.29 is 4.74 Å². The van der Waals surface area contributed by atoms with E-state index < -0.39 is 0 Å².